The van der Waals surface area contributed by atoms with Crippen LogP contribution in [0.5, 0.6) is 0 Å². The van der Waals surface area contributed by atoms with Crippen LogP contribution < -0.4 is 0 Å². The van der Waals surface area contributed by atoms with Crippen molar-refractivity contribution in [2.75, 3.05) is 19.7 Å². The van der Waals surface area contributed by atoms with Gasteiger partial charge in [0.25, 0.3) is 0 Å². The number of aliphatic carboxylic acids is 1. The zero-order valence-electron chi connectivity index (χ0n) is 9.40. The van der Waals surface area contributed by atoms with Gasteiger partial charge in [-0.15, -0.1) is 0 Å². The van der Waals surface area contributed by atoms with Crippen LogP contribution in [0, 0.1) is 5.41 Å². The highest BCUT2D eigenvalue weighted by Gasteiger charge is 2.41. The van der Waals surface area contributed by atoms with Gasteiger partial charge in [0.15, 0.2) is 6.10 Å². The second-order valence-corrected chi connectivity index (χ2v) is 5.42. The molecule has 0 aromatic carbocycles. The Morgan fingerprint density at radius 1 is 1.47 bits per heavy atom. The van der Waals surface area contributed by atoms with Gasteiger partial charge in [-0.25, -0.2) is 4.79 Å². The van der Waals surface area contributed by atoms with Gasteiger partial charge in [-0.3, -0.25) is 4.90 Å². The number of ether oxygens (including phenoxy) is 1. The normalized spacial score (nSPS) is 32.3. The van der Waals surface area contributed by atoms with Crippen LogP contribution in [-0.4, -0.2) is 47.8 Å². The maximum absolute atomic E-state index is 10.8. The van der Waals surface area contributed by atoms with Crippen molar-refractivity contribution in [1.82, 2.24) is 4.90 Å². The highest BCUT2D eigenvalue weighted by molar-refractivity contribution is 5.72. The summed E-state index contributed by atoms with van der Waals surface area (Å²) in [4.78, 5) is 13.1. The Kier molecular flexibility index (Phi) is 2.73. The Hall–Kier alpha value is -0.610. The summed E-state index contributed by atoms with van der Waals surface area (Å²) in [5.74, 6) is -0.835. The van der Waals surface area contributed by atoms with Crippen molar-refractivity contribution in [3.8, 4) is 0 Å². The van der Waals surface area contributed by atoms with E-state index in [1.165, 1.54) is 12.8 Å². The SMILES string of the molecule is CC1(C)CC(N2CCOC(C(=O)O)C2)C1. The molecule has 0 amide bonds. The van der Waals surface area contributed by atoms with Gasteiger partial charge in [0, 0.05) is 19.1 Å². The zero-order valence-corrected chi connectivity index (χ0v) is 9.40. The largest absolute Gasteiger partial charge is 0.479 e. The second kappa shape index (κ2) is 3.76. The molecule has 2 fully saturated rings. The number of carboxylic acid groups (broad SMARTS) is 1. The Morgan fingerprint density at radius 2 is 2.13 bits per heavy atom. The molecule has 0 aromatic rings. The number of carbonyl (C=O) groups is 1. The van der Waals surface area contributed by atoms with Crippen LogP contribution in [0.25, 0.3) is 0 Å². The fourth-order valence-corrected chi connectivity index (χ4v) is 2.62. The van der Waals surface area contributed by atoms with Crippen molar-refractivity contribution in [3.05, 3.63) is 0 Å². The predicted molar refractivity (Wildman–Crippen MR) is 55.8 cm³/mol. The van der Waals surface area contributed by atoms with Crippen molar-refractivity contribution < 1.29 is 14.6 Å². The first-order valence-electron chi connectivity index (χ1n) is 5.56. The molecule has 4 heteroatoms. The summed E-state index contributed by atoms with van der Waals surface area (Å²) in [5, 5.41) is 8.88. The molecular formula is C11H19NO3. The van der Waals surface area contributed by atoms with E-state index in [1.807, 2.05) is 0 Å². The third-order valence-electron chi connectivity index (χ3n) is 3.47. The fraction of sp³-hybridized carbons (Fsp3) is 0.909. The Labute approximate surface area is 90.2 Å². The smallest absolute Gasteiger partial charge is 0.334 e. The summed E-state index contributed by atoms with van der Waals surface area (Å²) < 4.78 is 5.20. The highest BCUT2D eigenvalue weighted by atomic mass is 16.5. The lowest BCUT2D eigenvalue weighted by atomic mass is 9.68. The molecule has 2 rings (SSSR count). The van der Waals surface area contributed by atoms with Crippen LogP contribution >= 0.6 is 0 Å². The molecule has 1 heterocycles. The first-order chi connectivity index (χ1) is 6.98. The summed E-state index contributed by atoms with van der Waals surface area (Å²) in [6.45, 7) is 6.51. The van der Waals surface area contributed by atoms with E-state index < -0.39 is 12.1 Å². The lowest BCUT2D eigenvalue weighted by Gasteiger charge is -2.50. The van der Waals surface area contributed by atoms with Crippen LogP contribution in [0.1, 0.15) is 26.7 Å². The molecule has 0 bridgehead atoms. The molecule has 1 aliphatic carbocycles. The van der Waals surface area contributed by atoms with E-state index in [9.17, 15) is 4.79 Å². The number of hydrogen-bond donors (Lipinski definition) is 1. The third kappa shape index (κ3) is 2.32. The van der Waals surface area contributed by atoms with Gasteiger partial charge in [-0.2, -0.15) is 0 Å². The molecule has 4 nitrogen and oxygen atoms in total. The van der Waals surface area contributed by atoms with Gasteiger partial charge in [-0.1, -0.05) is 13.8 Å². The topological polar surface area (TPSA) is 49.8 Å². The van der Waals surface area contributed by atoms with Crippen LogP contribution in [0.4, 0.5) is 0 Å². The predicted octanol–water partition coefficient (Wildman–Crippen LogP) is 0.960. The Morgan fingerprint density at radius 3 is 2.67 bits per heavy atom. The summed E-state index contributed by atoms with van der Waals surface area (Å²) in [6, 6.07) is 0.575. The minimum absolute atomic E-state index is 0.446. The molecule has 1 saturated heterocycles. The van der Waals surface area contributed by atoms with Gasteiger partial charge >= 0.3 is 5.97 Å². The van der Waals surface area contributed by atoms with E-state index in [-0.39, 0.29) is 0 Å². The molecule has 2 aliphatic rings. The van der Waals surface area contributed by atoms with Crippen LogP contribution in [0.15, 0.2) is 0 Å². The first kappa shape index (κ1) is 10.9. The number of nitrogens with zero attached hydrogens (tertiary/aromatic N) is 1. The summed E-state index contributed by atoms with van der Waals surface area (Å²) in [5.41, 5.74) is 0.446. The maximum Gasteiger partial charge on any atom is 0.334 e. The standard InChI is InChI=1S/C11H19NO3/c1-11(2)5-8(6-11)12-3-4-15-9(7-12)10(13)14/h8-9H,3-7H2,1-2H3,(H,13,14). The van der Waals surface area contributed by atoms with Gasteiger partial charge in [0.2, 0.25) is 0 Å². The van der Waals surface area contributed by atoms with E-state index in [0.29, 0.717) is 24.6 Å². The number of hydrogen-bond acceptors (Lipinski definition) is 3. The average Bonchev–Trinajstić information content (AvgIpc) is 2.14. The van der Waals surface area contributed by atoms with Gasteiger partial charge in [-0.05, 0) is 18.3 Å². The Bertz CT molecular complexity index is 257. The zero-order chi connectivity index (χ0) is 11.1. The minimum atomic E-state index is -0.835. The summed E-state index contributed by atoms with van der Waals surface area (Å²) in [6.07, 6.45) is 1.74. The van der Waals surface area contributed by atoms with Gasteiger partial charge in [0.1, 0.15) is 0 Å². The number of carboxylic acids is 1. The van der Waals surface area contributed by atoms with Crippen LogP contribution in [0.3, 0.4) is 0 Å². The maximum atomic E-state index is 10.8. The van der Waals surface area contributed by atoms with E-state index in [1.54, 1.807) is 0 Å². The number of morpholine rings is 1. The van der Waals surface area contributed by atoms with Gasteiger partial charge in [0.05, 0.1) is 6.61 Å². The van der Waals surface area contributed by atoms with E-state index in [4.69, 9.17) is 9.84 Å². The van der Waals surface area contributed by atoms with Gasteiger partial charge < -0.3 is 9.84 Å². The van der Waals surface area contributed by atoms with Crippen molar-refractivity contribution in [3.63, 3.8) is 0 Å². The molecule has 86 valence electrons. The van der Waals surface area contributed by atoms with Crippen molar-refractivity contribution in [2.45, 2.75) is 38.8 Å². The monoisotopic (exact) mass is 213 g/mol. The molecule has 0 radical (unpaired) electrons. The number of rotatable bonds is 2. The molecule has 1 unspecified atom stereocenters. The molecule has 1 atom stereocenters. The molecule has 1 N–H and O–H groups in total. The van der Waals surface area contributed by atoms with E-state index in [2.05, 4.69) is 18.7 Å². The van der Waals surface area contributed by atoms with E-state index in [0.717, 1.165) is 6.54 Å². The Balaban J connectivity index is 1.86. The second-order valence-electron chi connectivity index (χ2n) is 5.42. The minimum Gasteiger partial charge on any atom is -0.479 e. The molecule has 1 aliphatic heterocycles. The fourth-order valence-electron chi connectivity index (χ4n) is 2.62. The van der Waals surface area contributed by atoms with E-state index >= 15 is 0 Å². The summed E-state index contributed by atoms with van der Waals surface area (Å²) in [7, 11) is 0. The average molecular weight is 213 g/mol. The van der Waals surface area contributed by atoms with Crippen molar-refractivity contribution in [2.24, 2.45) is 5.41 Å². The molecule has 0 aromatic heterocycles. The summed E-state index contributed by atoms with van der Waals surface area (Å²) >= 11 is 0. The lowest BCUT2D eigenvalue weighted by Crippen LogP contribution is -2.55. The molecule has 0 spiro atoms. The van der Waals surface area contributed by atoms with Crippen molar-refractivity contribution >= 4 is 5.97 Å². The molecule has 1 saturated carbocycles. The van der Waals surface area contributed by atoms with Crippen molar-refractivity contribution in [1.29, 1.82) is 0 Å². The van der Waals surface area contributed by atoms with Crippen LogP contribution in [0.2, 0.25) is 0 Å². The molecular weight excluding hydrogens is 194 g/mol. The third-order valence-corrected chi connectivity index (χ3v) is 3.47. The molecule has 15 heavy (non-hydrogen) atoms. The quantitative estimate of drug-likeness (QED) is 0.742. The first-order valence-corrected chi connectivity index (χ1v) is 5.56. The lowest BCUT2D eigenvalue weighted by molar-refractivity contribution is -0.159. The highest BCUT2D eigenvalue weighted by Crippen LogP contribution is 2.43. The van der Waals surface area contributed by atoms with Crippen LogP contribution in [-0.2, 0) is 9.53 Å².